The normalized spacial score (nSPS) is 13.7. The number of pyridine rings is 1. The minimum absolute atomic E-state index is 0.000396. The van der Waals surface area contributed by atoms with Crippen molar-refractivity contribution in [3.63, 3.8) is 0 Å². The molecule has 0 spiro atoms. The third-order valence-electron chi connectivity index (χ3n) is 4.97. The van der Waals surface area contributed by atoms with Crippen LogP contribution in [0.25, 0.3) is 0 Å². The summed E-state index contributed by atoms with van der Waals surface area (Å²) in [6, 6.07) is 7.66. The Morgan fingerprint density at radius 3 is 2.42 bits per heavy atom. The van der Waals surface area contributed by atoms with Gasteiger partial charge in [-0.05, 0) is 43.2 Å². The molecule has 14 heteroatoms. The van der Waals surface area contributed by atoms with Gasteiger partial charge in [0.25, 0.3) is 5.56 Å². The zero-order chi connectivity index (χ0) is 26.5. The number of carboxylic acids is 1. The summed E-state index contributed by atoms with van der Waals surface area (Å²) in [5, 5.41) is 19.0. The summed E-state index contributed by atoms with van der Waals surface area (Å²) < 4.78 is 39.3. The molecular weight excluding hydrogens is 505 g/mol. The highest BCUT2D eigenvalue weighted by Gasteiger charge is 2.45. The van der Waals surface area contributed by atoms with Crippen molar-refractivity contribution in [2.75, 3.05) is 5.32 Å². The molecule has 36 heavy (non-hydrogen) atoms. The number of nitrogens with one attached hydrogen (secondary N) is 3. The van der Waals surface area contributed by atoms with Gasteiger partial charge in [-0.1, -0.05) is 11.6 Å². The summed E-state index contributed by atoms with van der Waals surface area (Å²) in [6.07, 6.45) is -0.739. The molecule has 0 atom stereocenters. The monoisotopic (exact) mass is 524 g/mol. The summed E-state index contributed by atoms with van der Waals surface area (Å²) in [4.78, 5) is 36.5. The molecule has 1 aliphatic rings. The first-order valence-corrected chi connectivity index (χ1v) is 10.7. The Balaban J connectivity index is 0.000000303. The number of carbonyl (C=O) groups is 2. The maximum atomic E-state index is 13.1. The molecule has 0 unspecified atom stereocenters. The molecule has 4 rings (SSSR count). The molecule has 190 valence electrons. The van der Waals surface area contributed by atoms with Gasteiger partial charge in [-0.2, -0.15) is 18.3 Å². The predicted octanol–water partition coefficient (Wildman–Crippen LogP) is 3.07. The minimum atomic E-state index is -4.54. The molecule has 1 aromatic carbocycles. The van der Waals surface area contributed by atoms with Crippen molar-refractivity contribution < 1.29 is 27.9 Å². The number of amides is 1. The number of hydrogen-bond donors (Lipinski definition) is 5. The molecule has 2 heterocycles. The van der Waals surface area contributed by atoms with E-state index in [1.807, 2.05) is 0 Å². The number of nitrogens with two attached hydrogens (primary N) is 1. The van der Waals surface area contributed by atoms with Gasteiger partial charge >= 0.3 is 12.1 Å². The highest BCUT2D eigenvalue weighted by atomic mass is 35.5. The van der Waals surface area contributed by atoms with Crippen LogP contribution in [0.4, 0.5) is 24.5 Å². The number of aromatic carboxylic acids is 1. The summed E-state index contributed by atoms with van der Waals surface area (Å²) >= 11 is 5.66. The summed E-state index contributed by atoms with van der Waals surface area (Å²) in [5.41, 5.74) is 4.36. The van der Waals surface area contributed by atoms with Gasteiger partial charge in [-0.15, -0.1) is 0 Å². The maximum absolute atomic E-state index is 13.1. The van der Waals surface area contributed by atoms with Crippen molar-refractivity contribution in [3.8, 4) is 0 Å². The smallest absolute Gasteiger partial charge is 0.418 e. The van der Waals surface area contributed by atoms with E-state index in [-0.39, 0.29) is 28.7 Å². The van der Waals surface area contributed by atoms with Crippen LogP contribution in [0.3, 0.4) is 0 Å². The number of carbonyl (C=O) groups excluding carboxylic acids is 1. The number of benzene rings is 1. The molecule has 0 radical (unpaired) electrons. The summed E-state index contributed by atoms with van der Waals surface area (Å²) in [7, 11) is 0. The fourth-order valence-corrected chi connectivity index (χ4v) is 2.99. The lowest BCUT2D eigenvalue weighted by Gasteiger charge is -2.15. The van der Waals surface area contributed by atoms with Crippen LogP contribution in [0.5, 0.6) is 0 Å². The van der Waals surface area contributed by atoms with E-state index < -0.39 is 28.8 Å². The van der Waals surface area contributed by atoms with E-state index in [9.17, 15) is 27.6 Å². The Morgan fingerprint density at radius 2 is 1.89 bits per heavy atom. The van der Waals surface area contributed by atoms with Gasteiger partial charge in [0.1, 0.15) is 0 Å². The van der Waals surface area contributed by atoms with Gasteiger partial charge in [-0.25, -0.2) is 9.89 Å². The first-order chi connectivity index (χ1) is 16.9. The molecule has 1 fully saturated rings. The van der Waals surface area contributed by atoms with Gasteiger partial charge < -0.3 is 21.5 Å². The Bertz CT molecular complexity index is 1310. The molecule has 1 amide bonds. The average Bonchev–Trinajstić information content (AvgIpc) is 3.58. The number of alkyl halides is 3. The zero-order valence-electron chi connectivity index (χ0n) is 18.4. The van der Waals surface area contributed by atoms with E-state index >= 15 is 0 Å². The van der Waals surface area contributed by atoms with Crippen LogP contribution in [-0.4, -0.2) is 37.7 Å². The molecule has 3 aromatic rings. The van der Waals surface area contributed by atoms with Crippen molar-refractivity contribution >= 4 is 34.9 Å². The first-order valence-electron chi connectivity index (χ1n) is 10.3. The standard InChI is InChI=1S/C17H16ClF3N4O.C5H4N2O3/c18-10-1-4-14(13(7-10)17(19,20)21)25-12-3-2-11(23-9-12)8-24-15(26)16(22)5-6-16;8-4-1-3(5(9)10)2-6-7-4/h1-4,7,9,25H,5-6,8,22H2,(H,24,26);1-2H,(H,7,8)(H,9,10). The van der Waals surface area contributed by atoms with Crippen molar-refractivity contribution in [1.82, 2.24) is 20.5 Å². The predicted molar refractivity (Wildman–Crippen MR) is 124 cm³/mol. The van der Waals surface area contributed by atoms with E-state index in [0.717, 1.165) is 18.3 Å². The zero-order valence-corrected chi connectivity index (χ0v) is 19.2. The molecular formula is C22H20ClF3N6O4. The van der Waals surface area contributed by atoms with Crippen LogP contribution < -0.4 is 21.9 Å². The van der Waals surface area contributed by atoms with Gasteiger partial charge in [0.15, 0.2) is 0 Å². The van der Waals surface area contributed by atoms with E-state index in [4.69, 9.17) is 22.4 Å². The number of H-pyrrole nitrogens is 1. The van der Waals surface area contributed by atoms with Crippen LogP contribution >= 0.6 is 11.6 Å². The number of aromatic amines is 1. The molecule has 0 bridgehead atoms. The molecule has 1 aliphatic carbocycles. The number of rotatable bonds is 6. The second-order valence-electron chi connectivity index (χ2n) is 7.83. The van der Waals surface area contributed by atoms with E-state index in [0.29, 0.717) is 24.2 Å². The minimum Gasteiger partial charge on any atom is -0.478 e. The highest BCUT2D eigenvalue weighted by molar-refractivity contribution is 6.30. The third kappa shape index (κ3) is 7.26. The lowest BCUT2D eigenvalue weighted by atomic mass is 10.1. The Kier molecular flexibility index (Phi) is 7.95. The molecule has 1 saturated carbocycles. The van der Waals surface area contributed by atoms with Crippen molar-refractivity contribution in [3.05, 3.63) is 81.0 Å². The number of halogens is 4. The number of hydrogen-bond acceptors (Lipinski definition) is 7. The maximum Gasteiger partial charge on any atom is 0.418 e. The lowest BCUT2D eigenvalue weighted by molar-refractivity contribution is -0.137. The Morgan fingerprint density at radius 1 is 1.17 bits per heavy atom. The SMILES string of the molecule is NC1(C(=O)NCc2ccc(Nc3ccc(Cl)cc3C(F)(F)F)cn2)CC1.O=C(O)c1cn[nH]c(=O)c1. The highest BCUT2D eigenvalue weighted by Crippen LogP contribution is 2.37. The largest absolute Gasteiger partial charge is 0.478 e. The van der Waals surface area contributed by atoms with Gasteiger partial charge in [0.05, 0.1) is 52.7 Å². The second-order valence-corrected chi connectivity index (χ2v) is 8.27. The van der Waals surface area contributed by atoms with Crippen molar-refractivity contribution in [1.29, 1.82) is 0 Å². The average molecular weight is 525 g/mol. The Labute approximate surface area is 206 Å². The van der Waals surface area contributed by atoms with Crippen LogP contribution in [-0.2, 0) is 17.5 Å². The van der Waals surface area contributed by atoms with Gasteiger partial charge in [0.2, 0.25) is 5.91 Å². The molecule has 0 saturated heterocycles. The number of anilines is 2. The van der Waals surface area contributed by atoms with Crippen LogP contribution in [0, 0.1) is 0 Å². The van der Waals surface area contributed by atoms with Crippen LogP contribution in [0.2, 0.25) is 5.02 Å². The number of nitrogens with zero attached hydrogens (tertiary/aromatic N) is 2. The summed E-state index contributed by atoms with van der Waals surface area (Å²) in [6.45, 7) is 0.201. The topological polar surface area (TPSA) is 163 Å². The van der Waals surface area contributed by atoms with Gasteiger partial charge in [0, 0.05) is 11.1 Å². The fourth-order valence-electron chi connectivity index (χ4n) is 2.82. The fraction of sp³-hybridized carbons (Fsp3) is 0.227. The van der Waals surface area contributed by atoms with E-state index in [1.54, 1.807) is 12.1 Å². The van der Waals surface area contributed by atoms with E-state index in [1.165, 1.54) is 18.3 Å². The Hall–Kier alpha value is -3.97. The summed E-state index contributed by atoms with van der Waals surface area (Å²) in [5.74, 6) is -1.38. The van der Waals surface area contributed by atoms with Crippen LogP contribution in [0.15, 0.2) is 53.6 Å². The second kappa shape index (κ2) is 10.7. The molecule has 10 nitrogen and oxygen atoms in total. The van der Waals surface area contributed by atoms with E-state index in [2.05, 4.69) is 25.8 Å². The first kappa shape index (κ1) is 26.6. The van der Waals surface area contributed by atoms with Crippen LogP contribution in [0.1, 0.15) is 34.5 Å². The molecule has 0 aliphatic heterocycles. The van der Waals surface area contributed by atoms with Crippen molar-refractivity contribution in [2.24, 2.45) is 5.73 Å². The number of carboxylic acid groups (broad SMARTS) is 1. The molecule has 2 aromatic heterocycles. The van der Waals surface area contributed by atoms with Gasteiger partial charge in [-0.3, -0.25) is 14.6 Å². The van der Waals surface area contributed by atoms with Crippen molar-refractivity contribution in [2.45, 2.75) is 31.1 Å². The third-order valence-corrected chi connectivity index (χ3v) is 5.21. The number of aromatic nitrogens is 3. The quantitative estimate of drug-likeness (QED) is 0.328. The lowest BCUT2D eigenvalue weighted by Crippen LogP contribution is -2.42. The molecule has 6 N–H and O–H groups in total.